The second-order valence-corrected chi connectivity index (χ2v) is 19.1. The number of pyridine rings is 1. The molecule has 7 aromatic carbocycles. The van der Waals surface area contributed by atoms with Crippen molar-refractivity contribution in [1.29, 1.82) is 0 Å². The number of benzene rings is 7. The van der Waals surface area contributed by atoms with Crippen molar-refractivity contribution in [2.75, 3.05) is 0 Å². The minimum atomic E-state index is -0.257. The van der Waals surface area contributed by atoms with Gasteiger partial charge in [-0.05, 0) is 52.4 Å². The molecule has 0 unspecified atom stereocenters. The summed E-state index contributed by atoms with van der Waals surface area (Å²) < 4.78 is 35.6. The Labute approximate surface area is 433 Å². The average Bonchev–Trinajstić information content (AvgIpc) is 3.44. The molecule has 0 spiro atoms. The Bertz CT molecular complexity index is 2910. The highest BCUT2D eigenvalue weighted by molar-refractivity contribution is 5.92. The zero-order chi connectivity index (χ0) is 50.1. The van der Waals surface area contributed by atoms with Crippen LogP contribution in [0.15, 0.2) is 187 Å². The maximum absolute atomic E-state index is 15.6. The first-order chi connectivity index (χ1) is 36.1. The van der Waals surface area contributed by atoms with Crippen molar-refractivity contribution in [2.45, 2.75) is 136 Å². The summed E-state index contributed by atoms with van der Waals surface area (Å²) in [7, 11) is 0. The lowest BCUT2D eigenvalue weighted by atomic mass is 10.0. The number of hydrogen-bond acceptors (Lipinski definition) is 6. The summed E-state index contributed by atoms with van der Waals surface area (Å²) in [6.07, 6.45) is 17.7. The van der Waals surface area contributed by atoms with Crippen LogP contribution in [0.5, 0.6) is 28.7 Å². The molecule has 73 heavy (non-hydrogen) atoms. The molecule has 8 aromatic rings. The summed E-state index contributed by atoms with van der Waals surface area (Å²) in [5, 5.41) is 0.448. The minimum absolute atomic E-state index is 0.196. The predicted molar refractivity (Wildman–Crippen MR) is 298 cm³/mol. The van der Waals surface area contributed by atoms with Gasteiger partial charge in [-0.15, -0.1) is 0 Å². The van der Waals surface area contributed by atoms with Gasteiger partial charge in [0, 0.05) is 24.2 Å². The molecular formula is C66H73NO6. The average molecular weight is 976 g/mol. The fraction of sp³-hybridized carbons (Fsp3) is 0.318. The van der Waals surface area contributed by atoms with Crippen LogP contribution in [0.1, 0.15) is 125 Å². The number of nitrogens with zero attached hydrogens (tertiary/aromatic N) is 1. The first kappa shape index (κ1) is 52.1. The third-order valence-corrected chi connectivity index (χ3v) is 13.4. The van der Waals surface area contributed by atoms with Gasteiger partial charge >= 0.3 is 0 Å². The van der Waals surface area contributed by atoms with Crippen LogP contribution in [-0.2, 0) is 39.6 Å². The highest BCUT2D eigenvalue weighted by Gasteiger charge is 2.25. The molecule has 7 nitrogen and oxygen atoms in total. The summed E-state index contributed by atoms with van der Waals surface area (Å²) >= 11 is 0. The largest absolute Gasteiger partial charge is 0.489 e. The summed E-state index contributed by atoms with van der Waals surface area (Å²) in [6.45, 7) is 4.42. The molecule has 7 heteroatoms. The molecule has 0 atom stereocenters. The van der Waals surface area contributed by atoms with E-state index in [0.717, 1.165) is 52.6 Å². The van der Waals surface area contributed by atoms with Gasteiger partial charge in [-0.2, -0.15) is 0 Å². The molecule has 1 heterocycles. The number of unbranched alkanes of at least 4 members (excludes halogenated alkanes) is 13. The molecule has 378 valence electrons. The van der Waals surface area contributed by atoms with E-state index in [4.69, 9.17) is 23.7 Å². The van der Waals surface area contributed by atoms with Crippen molar-refractivity contribution in [3.05, 3.63) is 220 Å². The van der Waals surface area contributed by atoms with Gasteiger partial charge in [0.25, 0.3) is 0 Å². The van der Waals surface area contributed by atoms with Gasteiger partial charge in [-0.1, -0.05) is 242 Å². The van der Waals surface area contributed by atoms with E-state index in [1.807, 2.05) is 146 Å². The number of hydrogen-bond donors (Lipinski definition) is 0. The van der Waals surface area contributed by atoms with Crippen LogP contribution in [0, 0.1) is 0 Å². The van der Waals surface area contributed by atoms with Crippen molar-refractivity contribution in [1.82, 2.24) is 4.57 Å². The van der Waals surface area contributed by atoms with Gasteiger partial charge in [-0.25, -0.2) is 0 Å². The normalized spacial score (nSPS) is 11.1. The molecule has 0 saturated carbocycles. The quantitative estimate of drug-likeness (QED) is 0.0404. The molecule has 0 radical (unpaired) electrons. The number of aryl methyl sites for hydroxylation is 1. The number of aromatic nitrogens is 1. The van der Waals surface area contributed by atoms with E-state index in [2.05, 4.69) is 47.9 Å². The molecule has 0 fully saturated rings. The Morgan fingerprint density at radius 3 is 1.23 bits per heavy atom. The van der Waals surface area contributed by atoms with Crippen LogP contribution in [0.2, 0.25) is 0 Å². The molecule has 8 rings (SSSR count). The van der Waals surface area contributed by atoms with E-state index in [1.54, 1.807) is 0 Å². The van der Waals surface area contributed by atoms with E-state index in [-0.39, 0.29) is 24.4 Å². The maximum Gasteiger partial charge on any atom is 0.235 e. The van der Waals surface area contributed by atoms with Gasteiger partial charge in [0.15, 0.2) is 17.2 Å². The van der Waals surface area contributed by atoms with Crippen LogP contribution < -0.4 is 29.1 Å². The van der Waals surface area contributed by atoms with Crippen LogP contribution in [0.4, 0.5) is 0 Å². The van der Waals surface area contributed by atoms with E-state index >= 15 is 4.79 Å². The molecular weight excluding hydrogens is 903 g/mol. The number of fused-ring (bicyclic) bond motifs is 1. The molecule has 0 N–H and O–H groups in total. The van der Waals surface area contributed by atoms with Crippen LogP contribution in [-0.4, -0.2) is 4.57 Å². The number of ether oxygens (including phenoxy) is 5. The van der Waals surface area contributed by atoms with Gasteiger partial charge in [-0.3, -0.25) is 4.79 Å². The predicted octanol–water partition coefficient (Wildman–Crippen LogP) is 17.0. The lowest BCUT2D eigenvalue weighted by molar-refractivity contribution is 0.256. The highest BCUT2D eigenvalue weighted by atomic mass is 16.5. The van der Waals surface area contributed by atoms with Gasteiger partial charge in [0.1, 0.15) is 44.5 Å². The Morgan fingerprint density at radius 2 is 0.767 bits per heavy atom. The van der Waals surface area contributed by atoms with Gasteiger partial charge in [0.05, 0.1) is 16.6 Å². The van der Waals surface area contributed by atoms with Crippen molar-refractivity contribution in [3.8, 4) is 40.0 Å². The first-order valence-electron chi connectivity index (χ1n) is 26.9. The Hall–Kier alpha value is -7.25. The molecule has 0 aliphatic heterocycles. The topological polar surface area (TPSA) is 68.2 Å². The molecule has 0 aliphatic carbocycles. The standard InChI is InChI=1S/C66H73NO6/c1-2-3-4-5-6-7-8-9-10-11-12-13-14-30-43-67-59-45-58(69-47-52-31-20-15-21-32-52)46-62(72-50-55-37-26-18-27-38-55)63(59)65(68)66(73-51-56-39-28-19-29-40-56)64(67)57-41-42-60(70-48-53-33-22-16-23-34-53)61(44-57)71-49-54-35-24-17-25-36-54/h15-29,31-42,44-46H,2-14,30,43,47-51H2,1H3. The zero-order valence-corrected chi connectivity index (χ0v) is 42.9. The SMILES string of the molecule is CCCCCCCCCCCCCCCCn1c(-c2ccc(OCc3ccccc3)c(OCc3ccccc3)c2)c(OCc2ccccc2)c(=O)c2c(OCc3ccccc3)cc(OCc3ccccc3)cc21. The van der Waals surface area contributed by atoms with Gasteiger partial charge in [0.2, 0.25) is 5.43 Å². The summed E-state index contributed by atoms with van der Waals surface area (Å²) in [5.74, 6) is 2.46. The zero-order valence-electron chi connectivity index (χ0n) is 42.9. The summed E-state index contributed by atoms with van der Waals surface area (Å²) in [5.41, 5.74) is 6.94. The summed E-state index contributed by atoms with van der Waals surface area (Å²) in [6, 6.07) is 60.3. The minimum Gasteiger partial charge on any atom is -0.489 e. The van der Waals surface area contributed by atoms with Crippen molar-refractivity contribution in [2.24, 2.45) is 0 Å². The summed E-state index contributed by atoms with van der Waals surface area (Å²) in [4.78, 5) is 15.6. The van der Waals surface area contributed by atoms with Crippen molar-refractivity contribution >= 4 is 10.9 Å². The third-order valence-electron chi connectivity index (χ3n) is 13.4. The monoisotopic (exact) mass is 976 g/mol. The Balaban J connectivity index is 1.19. The fourth-order valence-electron chi connectivity index (χ4n) is 9.36. The molecule has 0 amide bonds. The lowest BCUT2D eigenvalue weighted by Gasteiger charge is -2.24. The Kier molecular flexibility index (Phi) is 20.5. The smallest absolute Gasteiger partial charge is 0.235 e. The van der Waals surface area contributed by atoms with Crippen molar-refractivity contribution in [3.63, 3.8) is 0 Å². The van der Waals surface area contributed by atoms with Crippen molar-refractivity contribution < 1.29 is 23.7 Å². The van der Waals surface area contributed by atoms with E-state index in [0.29, 0.717) is 66.0 Å². The molecule has 0 aliphatic rings. The lowest BCUT2D eigenvalue weighted by Crippen LogP contribution is -2.18. The maximum atomic E-state index is 15.6. The van der Waals surface area contributed by atoms with E-state index < -0.39 is 0 Å². The second kappa shape index (κ2) is 28.7. The van der Waals surface area contributed by atoms with Crippen LogP contribution in [0.25, 0.3) is 22.2 Å². The van der Waals surface area contributed by atoms with E-state index in [1.165, 1.54) is 70.6 Å². The van der Waals surface area contributed by atoms with Gasteiger partial charge < -0.3 is 28.3 Å². The molecule has 0 saturated heterocycles. The van der Waals surface area contributed by atoms with Crippen LogP contribution in [0.3, 0.4) is 0 Å². The third kappa shape index (κ3) is 15.9. The number of rotatable bonds is 31. The highest BCUT2D eigenvalue weighted by Crippen LogP contribution is 2.41. The van der Waals surface area contributed by atoms with E-state index in [9.17, 15) is 0 Å². The van der Waals surface area contributed by atoms with Crippen LogP contribution >= 0.6 is 0 Å². The Morgan fingerprint density at radius 1 is 0.370 bits per heavy atom. The second-order valence-electron chi connectivity index (χ2n) is 19.1. The molecule has 0 bridgehead atoms. The molecule has 1 aromatic heterocycles. The first-order valence-corrected chi connectivity index (χ1v) is 26.9. The fourth-order valence-corrected chi connectivity index (χ4v) is 9.36.